The molecule has 0 aliphatic heterocycles. The molecule has 29 heavy (non-hydrogen) atoms. The highest BCUT2D eigenvalue weighted by Crippen LogP contribution is 2.18. The summed E-state index contributed by atoms with van der Waals surface area (Å²) in [6, 6.07) is 7.85. The molecule has 1 amide bonds. The Morgan fingerprint density at radius 1 is 1.07 bits per heavy atom. The monoisotopic (exact) mass is 395 g/mol. The number of para-hydroxylation sites is 2. The first kappa shape index (κ1) is 20.8. The van der Waals surface area contributed by atoms with E-state index in [1.165, 1.54) is 0 Å². The zero-order valence-electron chi connectivity index (χ0n) is 17.4. The molecule has 0 saturated heterocycles. The molecule has 3 rings (SSSR count). The van der Waals surface area contributed by atoms with Gasteiger partial charge in [0.1, 0.15) is 5.60 Å². The fourth-order valence-electron chi connectivity index (χ4n) is 2.97. The first-order valence-electron chi connectivity index (χ1n) is 10.1. The largest absolute Gasteiger partial charge is 0.444 e. The average Bonchev–Trinajstić information content (AvgIpc) is 3.14. The number of alkyl carbamates (subject to hydrolysis) is 1. The van der Waals surface area contributed by atoms with Gasteiger partial charge < -0.3 is 10.1 Å². The van der Waals surface area contributed by atoms with Gasteiger partial charge in [-0.15, -0.1) is 0 Å². The number of hydrogen-bond acceptors (Lipinski definition) is 5. The third kappa shape index (κ3) is 6.55. The zero-order chi connectivity index (χ0) is 20.7. The van der Waals surface area contributed by atoms with E-state index in [2.05, 4.69) is 20.4 Å². The quantitative estimate of drug-likeness (QED) is 0.565. The Kier molecular flexibility index (Phi) is 6.80. The zero-order valence-corrected chi connectivity index (χ0v) is 17.4. The number of ether oxygens (including phenoxy) is 1. The van der Waals surface area contributed by atoms with Gasteiger partial charge in [-0.2, -0.15) is 5.10 Å². The molecule has 0 bridgehead atoms. The van der Waals surface area contributed by atoms with Gasteiger partial charge in [-0.05, 0) is 45.7 Å². The predicted molar refractivity (Wildman–Crippen MR) is 113 cm³/mol. The van der Waals surface area contributed by atoms with Crippen molar-refractivity contribution in [2.45, 2.75) is 58.6 Å². The van der Waals surface area contributed by atoms with Crippen LogP contribution in [-0.2, 0) is 11.3 Å². The van der Waals surface area contributed by atoms with Crippen molar-refractivity contribution >= 4 is 17.1 Å². The number of aryl methyl sites for hydroxylation is 1. The van der Waals surface area contributed by atoms with Gasteiger partial charge in [0.05, 0.1) is 29.1 Å². The van der Waals surface area contributed by atoms with E-state index in [-0.39, 0.29) is 6.09 Å². The number of hydrogen-bond donors (Lipinski definition) is 1. The molecular formula is C22H29N5O2. The second-order valence-corrected chi connectivity index (χ2v) is 8.08. The number of carbonyl (C=O) groups excluding carboxylic acids is 1. The summed E-state index contributed by atoms with van der Waals surface area (Å²) in [6.45, 7) is 7.08. The third-order valence-corrected chi connectivity index (χ3v) is 4.36. The van der Waals surface area contributed by atoms with Crippen LogP contribution < -0.4 is 5.32 Å². The molecule has 0 unspecified atom stereocenters. The molecule has 0 aliphatic rings. The van der Waals surface area contributed by atoms with Gasteiger partial charge in [0.15, 0.2) is 0 Å². The smallest absolute Gasteiger partial charge is 0.407 e. The molecule has 0 atom stereocenters. The van der Waals surface area contributed by atoms with Crippen LogP contribution in [0.1, 0.15) is 46.5 Å². The van der Waals surface area contributed by atoms with Gasteiger partial charge in [-0.3, -0.25) is 9.67 Å². The van der Waals surface area contributed by atoms with E-state index in [1.54, 1.807) is 6.20 Å². The Bertz CT molecular complexity index is 946. The summed E-state index contributed by atoms with van der Waals surface area (Å²) >= 11 is 0. The number of rotatable bonds is 8. The summed E-state index contributed by atoms with van der Waals surface area (Å²) in [5.74, 6) is 0. The Morgan fingerprint density at radius 3 is 2.62 bits per heavy atom. The van der Waals surface area contributed by atoms with E-state index in [0.717, 1.165) is 54.5 Å². The second kappa shape index (κ2) is 9.49. The Labute approximate surface area is 171 Å². The average molecular weight is 396 g/mol. The molecule has 0 aliphatic carbocycles. The van der Waals surface area contributed by atoms with Crippen LogP contribution in [0.2, 0.25) is 0 Å². The fourth-order valence-corrected chi connectivity index (χ4v) is 2.97. The Morgan fingerprint density at radius 2 is 1.83 bits per heavy atom. The van der Waals surface area contributed by atoms with Crippen molar-refractivity contribution in [1.29, 1.82) is 0 Å². The summed E-state index contributed by atoms with van der Waals surface area (Å²) in [5.41, 5.74) is 3.14. The van der Waals surface area contributed by atoms with Crippen molar-refractivity contribution in [3.8, 4) is 11.3 Å². The molecule has 0 fully saturated rings. The lowest BCUT2D eigenvalue weighted by Gasteiger charge is -2.19. The van der Waals surface area contributed by atoms with Gasteiger partial charge in [0.2, 0.25) is 0 Å². The van der Waals surface area contributed by atoms with E-state index in [1.807, 2.05) is 62.1 Å². The molecule has 7 nitrogen and oxygen atoms in total. The van der Waals surface area contributed by atoms with Gasteiger partial charge in [0, 0.05) is 24.8 Å². The van der Waals surface area contributed by atoms with E-state index in [4.69, 9.17) is 4.74 Å². The van der Waals surface area contributed by atoms with E-state index >= 15 is 0 Å². The third-order valence-electron chi connectivity index (χ3n) is 4.36. The maximum absolute atomic E-state index is 11.6. The predicted octanol–water partition coefficient (Wildman–Crippen LogP) is 4.58. The molecule has 1 N–H and O–H groups in total. The van der Waals surface area contributed by atoms with Crippen LogP contribution >= 0.6 is 0 Å². The van der Waals surface area contributed by atoms with Crippen molar-refractivity contribution in [2.75, 3.05) is 6.54 Å². The van der Waals surface area contributed by atoms with Crippen LogP contribution in [0.5, 0.6) is 0 Å². The van der Waals surface area contributed by atoms with Crippen molar-refractivity contribution in [1.82, 2.24) is 25.1 Å². The van der Waals surface area contributed by atoms with Crippen molar-refractivity contribution in [2.24, 2.45) is 0 Å². The number of unbranched alkanes of at least 4 members (excludes halogenated alkanes) is 3. The minimum Gasteiger partial charge on any atom is -0.444 e. The van der Waals surface area contributed by atoms with Gasteiger partial charge in [-0.1, -0.05) is 25.0 Å². The van der Waals surface area contributed by atoms with Crippen LogP contribution in [0.4, 0.5) is 4.79 Å². The number of carbonyl (C=O) groups is 1. The lowest BCUT2D eigenvalue weighted by Crippen LogP contribution is -2.32. The number of fused-ring (bicyclic) bond motifs is 1. The van der Waals surface area contributed by atoms with E-state index < -0.39 is 5.60 Å². The van der Waals surface area contributed by atoms with E-state index in [9.17, 15) is 4.79 Å². The molecule has 7 heteroatoms. The minimum absolute atomic E-state index is 0.349. The lowest BCUT2D eigenvalue weighted by molar-refractivity contribution is 0.0527. The van der Waals surface area contributed by atoms with E-state index in [0.29, 0.717) is 6.54 Å². The highest BCUT2D eigenvalue weighted by molar-refractivity contribution is 5.76. The molecule has 154 valence electrons. The minimum atomic E-state index is -0.453. The molecule has 0 radical (unpaired) electrons. The van der Waals surface area contributed by atoms with Gasteiger partial charge >= 0.3 is 6.09 Å². The van der Waals surface area contributed by atoms with Gasteiger partial charge in [-0.25, -0.2) is 9.78 Å². The first-order valence-corrected chi connectivity index (χ1v) is 10.1. The highest BCUT2D eigenvalue weighted by atomic mass is 16.6. The number of benzene rings is 1. The van der Waals surface area contributed by atoms with Crippen LogP contribution in [0.15, 0.2) is 42.9 Å². The number of nitrogens with zero attached hydrogens (tertiary/aromatic N) is 4. The summed E-state index contributed by atoms with van der Waals surface area (Å²) < 4.78 is 7.16. The molecule has 0 spiro atoms. The molecule has 3 aromatic rings. The molecule has 0 saturated carbocycles. The SMILES string of the molecule is CC(C)(C)OC(=O)NCCCCCCn1cc(-c2cnc3ccccc3n2)cn1. The number of aromatic nitrogens is 4. The van der Waals surface area contributed by atoms with Crippen LogP contribution in [-0.4, -0.2) is 38.0 Å². The Hall–Kier alpha value is -2.96. The fraction of sp³-hybridized carbons (Fsp3) is 0.455. The van der Waals surface area contributed by atoms with Gasteiger partial charge in [0.25, 0.3) is 0 Å². The summed E-state index contributed by atoms with van der Waals surface area (Å²) in [7, 11) is 0. The van der Waals surface area contributed by atoms with Crippen molar-refractivity contribution < 1.29 is 9.53 Å². The first-order chi connectivity index (χ1) is 13.9. The maximum atomic E-state index is 11.6. The van der Waals surface area contributed by atoms with Crippen LogP contribution in [0, 0.1) is 0 Å². The second-order valence-electron chi connectivity index (χ2n) is 8.08. The van der Waals surface area contributed by atoms with Crippen molar-refractivity contribution in [3.05, 3.63) is 42.9 Å². The van der Waals surface area contributed by atoms with Crippen LogP contribution in [0.3, 0.4) is 0 Å². The summed E-state index contributed by atoms with van der Waals surface area (Å²) in [6.07, 6.45) is 9.42. The topological polar surface area (TPSA) is 81.9 Å². The molecular weight excluding hydrogens is 366 g/mol. The van der Waals surface area contributed by atoms with Crippen LogP contribution in [0.25, 0.3) is 22.3 Å². The Balaban J connectivity index is 1.37. The highest BCUT2D eigenvalue weighted by Gasteiger charge is 2.15. The molecule has 1 aromatic carbocycles. The summed E-state index contributed by atoms with van der Waals surface area (Å²) in [5, 5.41) is 7.23. The summed E-state index contributed by atoms with van der Waals surface area (Å²) in [4.78, 5) is 20.7. The maximum Gasteiger partial charge on any atom is 0.407 e. The number of nitrogens with one attached hydrogen (secondary N) is 1. The molecule has 2 heterocycles. The normalized spacial score (nSPS) is 11.6. The molecule has 2 aromatic heterocycles. The lowest BCUT2D eigenvalue weighted by atomic mass is 10.2. The number of amides is 1. The van der Waals surface area contributed by atoms with Crippen molar-refractivity contribution in [3.63, 3.8) is 0 Å². The standard InChI is InChI=1S/C22H29N5O2/c1-22(2,3)29-21(28)23-12-8-4-5-9-13-27-16-17(14-25-27)20-15-24-18-10-6-7-11-19(18)26-20/h6-7,10-11,14-16H,4-5,8-9,12-13H2,1-3H3,(H,23,28).